The van der Waals surface area contributed by atoms with Gasteiger partial charge in [0.2, 0.25) is 5.91 Å². The van der Waals surface area contributed by atoms with E-state index in [2.05, 4.69) is 25.9 Å². The monoisotopic (exact) mass is 492 g/mol. The molecule has 1 aromatic heterocycles. The van der Waals surface area contributed by atoms with Gasteiger partial charge in [0.1, 0.15) is 5.01 Å². The summed E-state index contributed by atoms with van der Waals surface area (Å²) >= 11 is 0.892. The molecule has 0 atom stereocenters. The van der Waals surface area contributed by atoms with Crippen LogP contribution >= 0.6 is 35.3 Å². The van der Waals surface area contributed by atoms with E-state index in [1.165, 1.54) is 7.05 Å². The van der Waals surface area contributed by atoms with Gasteiger partial charge in [0, 0.05) is 25.5 Å². The number of imide groups is 1. The molecule has 25 heavy (non-hydrogen) atoms. The molecule has 0 spiro atoms. The molecule has 1 aliphatic heterocycles. The highest BCUT2D eigenvalue weighted by Gasteiger charge is 2.33. The van der Waals surface area contributed by atoms with Crippen molar-refractivity contribution in [1.29, 1.82) is 0 Å². The van der Waals surface area contributed by atoms with E-state index >= 15 is 0 Å². The van der Waals surface area contributed by atoms with Gasteiger partial charge in [0.05, 0.1) is 13.1 Å². The van der Waals surface area contributed by atoms with Crippen LogP contribution in [0.3, 0.4) is 0 Å². The molecule has 0 saturated carbocycles. The fraction of sp³-hybridized carbons (Fsp3) is 0.500. The Morgan fingerprint density at radius 3 is 2.68 bits per heavy atom. The molecule has 2 heterocycles. The number of urea groups is 1. The molecule has 13 heteroatoms. The van der Waals surface area contributed by atoms with E-state index in [4.69, 9.17) is 0 Å². The van der Waals surface area contributed by atoms with Crippen LogP contribution in [0.25, 0.3) is 0 Å². The number of aromatic nitrogens is 1. The number of rotatable bonds is 5. The number of carbonyl (C=O) groups is 2. The Balaban J connectivity index is 0.00000312. The number of halogens is 4. The molecule has 1 fully saturated rings. The van der Waals surface area contributed by atoms with Crippen molar-refractivity contribution in [3.05, 3.63) is 16.1 Å². The van der Waals surface area contributed by atoms with Gasteiger partial charge in [-0.05, 0) is 0 Å². The Labute approximate surface area is 162 Å². The molecule has 3 amide bonds. The third-order valence-electron chi connectivity index (χ3n) is 3.04. The predicted octanol–water partition coefficient (Wildman–Crippen LogP) is 0.997. The lowest BCUT2D eigenvalue weighted by Crippen LogP contribution is -2.43. The summed E-state index contributed by atoms with van der Waals surface area (Å²) in [7, 11) is 1.49. The second kappa shape index (κ2) is 9.17. The number of alkyl halides is 3. The first kappa shape index (κ1) is 21.4. The van der Waals surface area contributed by atoms with Gasteiger partial charge in [-0.25, -0.2) is 9.78 Å². The number of hydrogen-bond donors (Lipinski definition) is 3. The molecule has 0 unspecified atom stereocenters. The van der Waals surface area contributed by atoms with E-state index in [1.807, 2.05) is 0 Å². The maximum atomic E-state index is 12.5. The van der Waals surface area contributed by atoms with Crippen LogP contribution in [-0.2, 0) is 17.5 Å². The summed E-state index contributed by atoms with van der Waals surface area (Å²) in [4.78, 5) is 31.2. The number of thiazole rings is 1. The van der Waals surface area contributed by atoms with Crippen molar-refractivity contribution in [1.82, 2.24) is 25.8 Å². The fourth-order valence-corrected chi connectivity index (χ4v) is 2.61. The minimum absolute atomic E-state index is 0. The lowest BCUT2D eigenvalue weighted by atomic mass is 10.5. The lowest BCUT2D eigenvalue weighted by molar-refractivity contribution is -0.140. The number of hydrogen-bond acceptors (Lipinski definition) is 5. The van der Waals surface area contributed by atoms with Crippen molar-refractivity contribution >= 4 is 53.2 Å². The van der Waals surface area contributed by atoms with Crippen molar-refractivity contribution in [2.75, 3.05) is 26.7 Å². The first-order valence-corrected chi connectivity index (χ1v) is 7.73. The van der Waals surface area contributed by atoms with Crippen LogP contribution in [0.5, 0.6) is 0 Å². The zero-order chi connectivity index (χ0) is 17.7. The standard InChI is InChI=1S/C12H15F3N6O2S.HI/c1-16-10(17-2-3-21-9(22)5-19-11(21)23)18-4-8-20-7(6-24-8)12(13,14)15;/h6H,2-5H2,1H3,(H,19,23)(H2,16,17,18);1H. The van der Waals surface area contributed by atoms with Crippen molar-refractivity contribution in [3.63, 3.8) is 0 Å². The number of nitrogens with zero attached hydrogens (tertiary/aromatic N) is 3. The Kier molecular flexibility index (Phi) is 7.85. The molecule has 8 nitrogen and oxygen atoms in total. The summed E-state index contributed by atoms with van der Waals surface area (Å²) in [5.74, 6) is 0.0121. The van der Waals surface area contributed by atoms with E-state index in [0.29, 0.717) is 5.96 Å². The Morgan fingerprint density at radius 2 is 2.16 bits per heavy atom. The van der Waals surface area contributed by atoms with Gasteiger partial charge in [0.25, 0.3) is 0 Å². The quantitative estimate of drug-likeness (QED) is 0.247. The molecule has 1 saturated heterocycles. The number of amides is 3. The summed E-state index contributed by atoms with van der Waals surface area (Å²) in [6, 6.07) is -0.452. The third-order valence-corrected chi connectivity index (χ3v) is 3.89. The molecule has 2 rings (SSSR count). The summed E-state index contributed by atoms with van der Waals surface area (Å²) in [6.07, 6.45) is -4.46. The van der Waals surface area contributed by atoms with Crippen molar-refractivity contribution < 1.29 is 22.8 Å². The molecule has 0 aliphatic carbocycles. The largest absolute Gasteiger partial charge is 0.434 e. The van der Waals surface area contributed by atoms with Gasteiger partial charge < -0.3 is 16.0 Å². The zero-order valence-corrected chi connectivity index (χ0v) is 16.2. The molecule has 1 aromatic rings. The van der Waals surface area contributed by atoms with E-state index in [0.717, 1.165) is 21.6 Å². The summed E-state index contributed by atoms with van der Waals surface area (Å²) in [5, 5.41) is 9.29. The summed E-state index contributed by atoms with van der Waals surface area (Å²) in [6.45, 7) is 0.465. The van der Waals surface area contributed by atoms with E-state index in [1.54, 1.807) is 0 Å². The minimum Gasteiger partial charge on any atom is -0.355 e. The van der Waals surface area contributed by atoms with Crippen LogP contribution < -0.4 is 16.0 Å². The van der Waals surface area contributed by atoms with Crippen LogP contribution in [0.2, 0.25) is 0 Å². The minimum atomic E-state index is -4.46. The fourth-order valence-electron chi connectivity index (χ4n) is 1.87. The van der Waals surface area contributed by atoms with Crippen LogP contribution in [0.1, 0.15) is 10.7 Å². The van der Waals surface area contributed by atoms with Crippen LogP contribution in [-0.4, -0.2) is 54.5 Å². The number of guanidine groups is 1. The lowest BCUT2D eigenvalue weighted by Gasteiger charge is -2.15. The molecular formula is C12H16F3IN6O2S. The first-order valence-electron chi connectivity index (χ1n) is 6.85. The number of aliphatic imine (C=N–C) groups is 1. The smallest absolute Gasteiger partial charge is 0.355 e. The van der Waals surface area contributed by atoms with E-state index in [9.17, 15) is 22.8 Å². The first-order chi connectivity index (χ1) is 11.3. The second-order valence-electron chi connectivity index (χ2n) is 4.68. The third kappa shape index (κ3) is 5.98. The average Bonchev–Trinajstić information content (AvgIpc) is 3.11. The van der Waals surface area contributed by atoms with Gasteiger partial charge in [-0.3, -0.25) is 14.7 Å². The highest BCUT2D eigenvalue weighted by Crippen LogP contribution is 2.29. The van der Waals surface area contributed by atoms with Gasteiger partial charge >= 0.3 is 12.2 Å². The second-order valence-corrected chi connectivity index (χ2v) is 5.62. The molecule has 1 aliphatic rings. The van der Waals surface area contributed by atoms with E-state index in [-0.39, 0.29) is 61.1 Å². The number of carbonyl (C=O) groups excluding carboxylic acids is 2. The molecule has 0 radical (unpaired) electrons. The van der Waals surface area contributed by atoms with Gasteiger partial charge in [-0.15, -0.1) is 35.3 Å². The summed E-state index contributed by atoms with van der Waals surface area (Å²) in [5.41, 5.74) is -0.925. The summed E-state index contributed by atoms with van der Waals surface area (Å²) < 4.78 is 37.4. The van der Waals surface area contributed by atoms with E-state index < -0.39 is 17.9 Å². The topological polar surface area (TPSA) is 98.7 Å². The molecule has 0 bridgehead atoms. The molecule has 0 aromatic carbocycles. The maximum absolute atomic E-state index is 12.5. The van der Waals surface area contributed by atoms with Crippen molar-refractivity contribution in [2.45, 2.75) is 12.7 Å². The maximum Gasteiger partial charge on any atom is 0.434 e. The molecular weight excluding hydrogens is 476 g/mol. The number of nitrogens with one attached hydrogen (secondary N) is 3. The molecule has 140 valence electrons. The van der Waals surface area contributed by atoms with Gasteiger partial charge in [-0.2, -0.15) is 13.2 Å². The zero-order valence-electron chi connectivity index (χ0n) is 13.0. The predicted molar refractivity (Wildman–Crippen MR) is 95.8 cm³/mol. The highest BCUT2D eigenvalue weighted by molar-refractivity contribution is 14.0. The van der Waals surface area contributed by atoms with Crippen molar-refractivity contribution in [2.24, 2.45) is 4.99 Å². The average molecular weight is 492 g/mol. The van der Waals surface area contributed by atoms with Gasteiger partial charge in [-0.1, -0.05) is 0 Å². The normalized spacial score (nSPS) is 15.0. The Hall–Kier alpha value is -1.64. The molecule has 3 N–H and O–H groups in total. The highest BCUT2D eigenvalue weighted by atomic mass is 127. The Morgan fingerprint density at radius 1 is 1.44 bits per heavy atom. The van der Waals surface area contributed by atoms with Crippen LogP contribution in [0.4, 0.5) is 18.0 Å². The van der Waals surface area contributed by atoms with Crippen LogP contribution in [0.15, 0.2) is 10.4 Å². The van der Waals surface area contributed by atoms with Crippen LogP contribution in [0, 0.1) is 0 Å². The SMILES string of the molecule is CN=C(NCCN1C(=O)CNC1=O)NCc1nc(C(F)(F)F)cs1.I. The van der Waals surface area contributed by atoms with Crippen molar-refractivity contribution in [3.8, 4) is 0 Å². The van der Waals surface area contributed by atoms with Gasteiger partial charge in [0.15, 0.2) is 11.7 Å². The Bertz CT molecular complexity index is 635.